The van der Waals surface area contributed by atoms with Gasteiger partial charge in [0.15, 0.2) is 5.13 Å². The third-order valence-corrected chi connectivity index (χ3v) is 5.72. The van der Waals surface area contributed by atoms with E-state index in [9.17, 15) is 9.18 Å². The zero-order valence-corrected chi connectivity index (χ0v) is 15.6. The smallest absolute Gasteiger partial charge is 0.243 e. The van der Waals surface area contributed by atoms with Crippen molar-refractivity contribution in [3.8, 4) is 12.3 Å². The molecule has 0 aliphatic carbocycles. The monoisotopic (exact) mass is 371 g/mol. The number of nitrogens with one attached hydrogen (secondary N) is 1. The summed E-state index contributed by atoms with van der Waals surface area (Å²) in [5, 5.41) is 3.49. The Morgan fingerprint density at radius 1 is 1.46 bits per heavy atom. The van der Waals surface area contributed by atoms with Gasteiger partial charge in [0.1, 0.15) is 5.82 Å². The molecule has 0 spiro atoms. The minimum absolute atomic E-state index is 0.0638. The average molecular weight is 371 g/mol. The predicted molar refractivity (Wildman–Crippen MR) is 103 cm³/mol. The number of nitrogens with zero attached hydrogens (tertiary/aromatic N) is 2. The van der Waals surface area contributed by atoms with Crippen LogP contribution in [0.5, 0.6) is 0 Å². The Labute approximate surface area is 157 Å². The number of anilines is 1. The van der Waals surface area contributed by atoms with Gasteiger partial charge >= 0.3 is 0 Å². The minimum Gasteiger partial charge on any atom is -0.301 e. The first kappa shape index (κ1) is 18.6. The number of benzene rings is 1. The first-order valence-corrected chi connectivity index (χ1v) is 9.58. The molecule has 1 fully saturated rings. The van der Waals surface area contributed by atoms with Gasteiger partial charge in [-0.15, -0.1) is 17.8 Å². The van der Waals surface area contributed by atoms with Gasteiger partial charge < -0.3 is 5.32 Å². The lowest BCUT2D eigenvalue weighted by atomic mass is 10.0. The van der Waals surface area contributed by atoms with Crippen molar-refractivity contribution in [2.24, 2.45) is 0 Å². The number of thiazole rings is 1. The van der Waals surface area contributed by atoms with Gasteiger partial charge in [-0.05, 0) is 37.9 Å². The van der Waals surface area contributed by atoms with E-state index < -0.39 is 0 Å². The first-order chi connectivity index (χ1) is 12.6. The van der Waals surface area contributed by atoms with Crippen LogP contribution < -0.4 is 5.32 Å². The molecule has 0 bridgehead atoms. The lowest BCUT2D eigenvalue weighted by molar-refractivity contribution is -0.122. The van der Waals surface area contributed by atoms with Crippen LogP contribution in [0, 0.1) is 25.1 Å². The van der Waals surface area contributed by atoms with E-state index in [4.69, 9.17) is 6.42 Å². The zero-order chi connectivity index (χ0) is 18.5. The van der Waals surface area contributed by atoms with E-state index >= 15 is 0 Å². The third-order valence-electron chi connectivity index (χ3n) is 4.64. The van der Waals surface area contributed by atoms with E-state index in [2.05, 4.69) is 16.2 Å². The Hall–Kier alpha value is -2.23. The Morgan fingerprint density at radius 2 is 2.27 bits per heavy atom. The minimum atomic E-state index is -0.224. The van der Waals surface area contributed by atoms with Gasteiger partial charge in [-0.1, -0.05) is 30.5 Å². The molecule has 1 aromatic heterocycles. The fraction of sp³-hybridized carbons (Fsp3) is 0.400. The molecule has 1 unspecified atom stereocenters. The van der Waals surface area contributed by atoms with Gasteiger partial charge in [-0.3, -0.25) is 9.69 Å². The summed E-state index contributed by atoms with van der Waals surface area (Å²) in [5.74, 6) is 2.34. The molecular formula is C20H22FN3OS. The molecule has 1 N–H and O–H groups in total. The summed E-state index contributed by atoms with van der Waals surface area (Å²) in [6.07, 6.45) is 8.78. The van der Waals surface area contributed by atoms with E-state index in [0.29, 0.717) is 23.7 Å². The van der Waals surface area contributed by atoms with Crippen LogP contribution >= 0.6 is 11.3 Å². The molecule has 2 aromatic rings. The highest BCUT2D eigenvalue weighted by atomic mass is 32.1. The van der Waals surface area contributed by atoms with Crippen molar-refractivity contribution < 1.29 is 9.18 Å². The maximum atomic E-state index is 13.9. The predicted octanol–water partition coefficient (Wildman–Crippen LogP) is 3.61. The number of rotatable bonds is 5. The summed E-state index contributed by atoms with van der Waals surface area (Å²) >= 11 is 1.40. The van der Waals surface area contributed by atoms with E-state index in [1.807, 2.05) is 17.9 Å². The second-order valence-electron chi connectivity index (χ2n) is 6.47. The number of piperidine rings is 1. The number of hydrogen-bond acceptors (Lipinski definition) is 4. The molecule has 0 radical (unpaired) electrons. The van der Waals surface area contributed by atoms with E-state index in [-0.39, 0.29) is 17.8 Å². The van der Waals surface area contributed by atoms with Crippen LogP contribution in [0.4, 0.5) is 9.52 Å². The topological polar surface area (TPSA) is 45.2 Å². The van der Waals surface area contributed by atoms with Gasteiger partial charge in [0.2, 0.25) is 5.91 Å². The highest BCUT2D eigenvalue weighted by molar-refractivity contribution is 7.15. The van der Waals surface area contributed by atoms with Crippen molar-refractivity contribution in [1.82, 2.24) is 9.88 Å². The number of hydrogen-bond donors (Lipinski definition) is 1. The van der Waals surface area contributed by atoms with Gasteiger partial charge in [0, 0.05) is 11.3 Å². The highest BCUT2D eigenvalue weighted by Crippen LogP contribution is 2.27. The molecule has 1 atom stereocenters. The van der Waals surface area contributed by atoms with E-state index in [0.717, 1.165) is 36.4 Å². The van der Waals surface area contributed by atoms with Crippen molar-refractivity contribution in [3.05, 3.63) is 46.2 Å². The highest BCUT2D eigenvalue weighted by Gasteiger charge is 2.28. The number of carbonyl (C=O) groups excluding carboxylic acids is 1. The summed E-state index contributed by atoms with van der Waals surface area (Å²) in [5.41, 5.74) is 1.45. The fourth-order valence-electron chi connectivity index (χ4n) is 3.24. The normalized spacial score (nSPS) is 17.7. The number of carbonyl (C=O) groups is 1. The van der Waals surface area contributed by atoms with Crippen LogP contribution in [0.2, 0.25) is 0 Å². The lowest BCUT2D eigenvalue weighted by Crippen LogP contribution is -2.47. The molecule has 136 valence electrons. The van der Waals surface area contributed by atoms with Gasteiger partial charge in [0.25, 0.3) is 0 Å². The number of amides is 1. The maximum absolute atomic E-state index is 13.9. The number of halogens is 1. The fourth-order valence-corrected chi connectivity index (χ4v) is 4.23. The van der Waals surface area contributed by atoms with Crippen molar-refractivity contribution in [3.63, 3.8) is 0 Å². The Balaban J connectivity index is 1.70. The Kier molecular flexibility index (Phi) is 6.02. The number of aryl methyl sites for hydroxylation is 1. The second-order valence-corrected chi connectivity index (χ2v) is 7.55. The van der Waals surface area contributed by atoms with Gasteiger partial charge in [-0.2, -0.15) is 0 Å². The van der Waals surface area contributed by atoms with E-state index in [1.54, 1.807) is 12.1 Å². The molecule has 4 nitrogen and oxygen atoms in total. The number of terminal acetylenes is 1. The standard InChI is InChI=1S/C20H22FN3OS/c1-3-11-24-12-7-6-10-17(24)19(25)23-20-22-14(2)18(26-20)13-15-8-4-5-9-16(15)21/h1,4-5,8-9,17H,6-7,10-13H2,2H3,(H,22,23,25). The molecule has 6 heteroatoms. The van der Waals surface area contributed by atoms with Crippen LogP contribution in [0.1, 0.15) is 35.4 Å². The Bertz CT molecular complexity index is 827. The SMILES string of the molecule is C#CCN1CCCCC1C(=O)Nc1nc(C)c(Cc2ccccc2F)s1. The second kappa shape index (κ2) is 8.43. The number of aromatic nitrogens is 1. The van der Waals surface area contributed by atoms with Crippen molar-refractivity contribution >= 4 is 22.4 Å². The van der Waals surface area contributed by atoms with Gasteiger partial charge in [-0.25, -0.2) is 9.37 Å². The largest absolute Gasteiger partial charge is 0.301 e. The Morgan fingerprint density at radius 3 is 3.04 bits per heavy atom. The van der Waals surface area contributed by atoms with Gasteiger partial charge in [0.05, 0.1) is 18.3 Å². The van der Waals surface area contributed by atoms with Crippen LogP contribution in [-0.2, 0) is 11.2 Å². The zero-order valence-electron chi connectivity index (χ0n) is 14.8. The molecule has 0 saturated carbocycles. The first-order valence-electron chi connectivity index (χ1n) is 8.76. The number of likely N-dealkylation sites (tertiary alicyclic amines) is 1. The molecule has 3 rings (SSSR count). The molecule has 1 amide bonds. The van der Waals surface area contributed by atoms with Crippen LogP contribution in [0.15, 0.2) is 24.3 Å². The average Bonchev–Trinajstić information content (AvgIpc) is 2.97. The summed E-state index contributed by atoms with van der Waals surface area (Å²) < 4.78 is 13.9. The lowest BCUT2D eigenvalue weighted by Gasteiger charge is -2.32. The molecule has 1 aliphatic heterocycles. The molecule has 1 aliphatic rings. The molecule has 26 heavy (non-hydrogen) atoms. The van der Waals surface area contributed by atoms with E-state index in [1.165, 1.54) is 17.4 Å². The van der Waals surface area contributed by atoms with Crippen LogP contribution in [-0.4, -0.2) is 34.9 Å². The van der Waals surface area contributed by atoms with Crippen LogP contribution in [0.25, 0.3) is 0 Å². The van der Waals surface area contributed by atoms with Crippen molar-refractivity contribution in [2.75, 3.05) is 18.4 Å². The molecule has 1 saturated heterocycles. The maximum Gasteiger partial charge on any atom is 0.243 e. The molecule has 1 aromatic carbocycles. The van der Waals surface area contributed by atoms with Crippen molar-refractivity contribution in [1.29, 1.82) is 0 Å². The summed E-state index contributed by atoms with van der Waals surface area (Å²) in [6, 6.07) is 6.51. The summed E-state index contributed by atoms with van der Waals surface area (Å²) in [7, 11) is 0. The van der Waals surface area contributed by atoms with Crippen LogP contribution in [0.3, 0.4) is 0 Å². The van der Waals surface area contributed by atoms with Crippen molar-refractivity contribution in [2.45, 2.75) is 38.6 Å². The molecular weight excluding hydrogens is 349 g/mol. The molecule has 2 heterocycles. The summed E-state index contributed by atoms with van der Waals surface area (Å²) in [6.45, 7) is 3.21. The summed E-state index contributed by atoms with van der Waals surface area (Å²) in [4.78, 5) is 20.1. The third kappa shape index (κ3) is 4.29. The quantitative estimate of drug-likeness (QED) is 0.817.